The second kappa shape index (κ2) is 6.32. The first-order valence-electron chi connectivity index (χ1n) is 7.61. The van der Waals surface area contributed by atoms with E-state index in [1.807, 2.05) is 23.1 Å². The van der Waals surface area contributed by atoms with Gasteiger partial charge in [-0.25, -0.2) is 0 Å². The molecule has 21 heavy (non-hydrogen) atoms. The van der Waals surface area contributed by atoms with Crippen molar-refractivity contribution < 1.29 is 0 Å². The third-order valence-electron chi connectivity index (χ3n) is 4.25. The Hall–Kier alpha value is -1.13. The van der Waals surface area contributed by atoms with Crippen molar-refractivity contribution in [1.29, 1.82) is 0 Å². The summed E-state index contributed by atoms with van der Waals surface area (Å²) in [4.78, 5) is 2.82. The lowest BCUT2D eigenvalue weighted by atomic mass is 10.0. The Kier molecular flexibility index (Phi) is 4.89. The van der Waals surface area contributed by atoms with Gasteiger partial charge in [-0.05, 0) is 65.2 Å². The molecular weight excluding hydrogens is 278 g/mol. The van der Waals surface area contributed by atoms with Crippen LogP contribution < -0.4 is 5.32 Å². The minimum atomic E-state index is 0.391. The summed E-state index contributed by atoms with van der Waals surface area (Å²) in [5.74, 6) is 0. The highest BCUT2D eigenvalue weighted by Gasteiger charge is 2.17. The standard InChI is InChI=1S/C17H27N3S/c1-10(8-16-13(4)19-20(7)14(16)5)18-12(3)17-9-11(2)21-15(17)6/h9-10,12,18H,8H2,1-7H3/t10-,12-/m1/s1. The number of nitrogens with one attached hydrogen (secondary N) is 1. The fourth-order valence-corrected chi connectivity index (χ4v) is 4.10. The topological polar surface area (TPSA) is 29.9 Å². The van der Waals surface area contributed by atoms with E-state index in [0.29, 0.717) is 12.1 Å². The molecule has 0 aromatic carbocycles. The van der Waals surface area contributed by atoms with Gasteiger partial charge in [-0.1, -0.05) is 0 Å². The lowest BCUT2D eigenvalue weighted by Gasteiger charge is -2.20. The normalized spacial score (nSPS) is 14.4. The van der Waals surface area contributed by atoms with Gasteiger partial charge < -0.3 is 5.32 Å². The van der Waals surface area contributed by atoms with Gasteiger partial charge in [-0.3, -0.25) is 4.68 Å². The minimum Gasteiger partial charge on any atom is -0.307 e. The SMILES string of the molecule is Cc1cc([C@@H](C)N[C@H](C)Cc2c(C)nn(C)c2C)c(C)s1. The Bertz CT molecular complexity index is 624. The fraction of sp³-hybridized carbons (Fsp3) is 0.588. The lowest BCUT2D eigenvalue weighted by Crippen LogP contribution is -2.31. The van der Waals surface area contributed by atoms with E-state index >= 15 is 0 Å². The van der Waals surface area contributed by atoms with E-state index in [4.69, 9.17) is 0 Å². The second-order valence-electron chi connectivity index (χ2n) is 6.14. The van der Waals surface area contributed by atoms with E-state index in [9.17, 15) is 0 Å². The number of nitrogens with zero attached hydrogens (tertiary/aromatic N) is 2. The van der Waals surface area contributed by atoms with Crippen LogP contribution in [0, 0.1) is 27.7 Å². The highest BCUT2D eigenvalue weighted by molar-refractivity contribution is 7.12. The van der Waals surface area contributed by atoms with Crippen LogP contribution >= 0.6 is 11.3 Å². The summed E-state index contributed by atoms with van der Waals surface area (Å²) >= 11 is 1.88. The van der Waals surface area contributed by atoms with Gasteiger partial charge >= 0.3 is 0 Å². The van der Waals surface area contributed by atoms with Crippen LogP contribution in [0.3, 0.4) is 0 Å². The number of aryl methyl sites for hydroxylation is 4. The van der Waals surface area contributed by atoms with Crippen LogP contribution in [0.2, 0.25) is 0 Å². The van der Waals surface area contributed by atoms with Gasteiger partial charge in [-0.2, -0.15) is 5.10 Å². The maximum atomic E-state index is 4.51. The molecule has 2 aromatic heterocycles. The summed E-state index contributed by atoms with van der Waals surface area (Å²) in [5.41, 5.74) is 5.24. The first-order chi connectivity index (χ1) is 9.79. The van der Waals surface area contributed by atoms with Crippen LogP contribution in [0.4, 0.5) is 0 Å². The highest BCUT2D eigenvalue weighted by atomic mass is 32.1. The van der Waals surface area contributed by atoms with Gasteiger partial charge in [-0.15, -0.1) is 11.3 Å². The van der Waals surface area contributed by atoms with Gasteiger partial charge in [0.1, 0.15) is 0 Å². The molecular formula is C17H27N3S. The molecule has 0 unspecified atom stereocenters. The third-order valence-corrected chi connectivity index (χ3v) is 5.23. The average Bonchev–Trinajstić information content (AvgIpc) is 2.83. The molecule has 3 nitrogen and oxygen atoms in total. The molecule has 4 heteroatoms. The van der Waals surface area contributed by atoms with E-state index in [-0.39, 0.29) is 0 Å². The summed E-state index contributed by atoms with van der Waals surface area (Å²) in [6.45, 7) is 13.2. The molecule has 1 N–H and O–H groups in total. The van der Waals surface area contributed by atoms with Gasteiger partial charge in [0.05, 0.1) is 5.69 Å². The zero-order chi connectivity index (χ0) is 15.7. The summed E-state index contributed by atoms with van der Waals surface area (Å²) in [6, 6.07) is 3.13. The van der Waals surface area contributed by atoms with Crippen LogP contribution in [-0.4, -0.2) is 15.8 Å². The monoisotopic (exact) mass is 305 g/mol. The Morgan fingerprint density at radius 1 is 1.24 bits per heavy atom. The van der Waals surface area contributed by atoms with Gasteiger partial charge in [0.2, 0.25) is 0 Å². The molecule has 0 bridgehead atoms. The molecule has 0 aliphatic rings. The van der Waals surface area contributed by atoms with Crippen molar-refractivity contribution in [3.05, 3.63) is 38.3 Å². The summed E-state index contributed by atoms with van der Waals surface area (Å²) < 4.78 is 1.98. The summed E-state index contributed by atoms with van der Waals surface area (Å²) in [7, 11) is 2.02. The Morgan fingerprint density at radius 2 is 1.90 bits per heavy atom. The molecule has 116 valence electrons. The van der Waals surface area contributed by atoms with Crippen molar-refractivity contribution >= 4 is 11.3 Å². The average molecular weight is 305 g/mol. The van der Waals surface area contributed by atoms with Crippen molar-refractivity contribution in [3.8, 4) is 0 Å². The molecule has 0 radical (unpaired) electrons. The van der Waals surface area contributed by atoms with Crippen molar-refractivity contribution in [3.63, 3.8) is 0 Å². The predicted octanol–water partition coefficient (Wildman–Crippen LogP) is 4.00. The molecule has 0 saturated heterocycles. The largest absolute Gasteiger partial charge is 0.307 e. The summed E-state index contributed by atoms with van der Waals surface area (Å²) in [6.07, 6.45) is 1.03. The van der Waals surface area contributed by atoms with Crippen LogP contribution in [0.15, 0.2) is 6.07 Å². The Morgan fingerprint density at radius 3 is 2.38 bits per heavy atom. The van der Waals surface area contributed by atoms with E-state index in [0.717, 1.165) is 12.1 Å². The van der Waals surface area contributed by atoms with Gasteiger partial charge in [0, 0.05) is 34.6 Å². The molecule has 2 atom stereocenters. The molecule has 2 heterocycles. The molecule has 0 aliphatic carbocycles. The quantitative estimate of drug-likeness (QED) is 0.905. The number of thiophene rings is 1. The molecule has 2 rings (SSSR count). The van der Waals surface area contributed by atoms with Crippen molar-refractivity contribution in [2.75, 3.05) is 0 Å². The Labute approximate surface area is 132 Å². The first kappa shape index (κ1) is 16.2. The minimum absolute atomic E-state index is 0.391. The van der Waals surface area contributed by atoms with Gasteiger partial charge in [0.25, 0.3) is 0 Å². The van der Waals surface area contributed by atoms with Crippen molar-refractivity contribution in [2.45, 2.75) is 60.0 Å². The van der Waals surface area contributed by atoms with Crippen molar-refractivity contribution in [1.82, 2.24) is 15.1 Å². The number of aromatic nitrogens is 2. The predicted molar refractivity (Wildman–Crippen MR) is 91.2 cm³/mol. The molecule has 0 saturated carbocycles. The van der Waals surface area contributed by atoms with E-state index in [1.165, 1.54) is 26.6 Å². The van der Waals surface area contributed by atoms with Crippen LogP contribution in [0.1, 0.15) is 52.2 Å². The zero-order valence-electron chi connectivity index (χ0n) is 14.2. The number of rotatable bonds is 5. The third kappa shape index (κ3) is 3.55. The number of hydrogen-bond donors (Lipinski definition) is 1. The van der Waals surface area contributed by atoms with E-state index in [2.05, 4.69) is 58.0 Å². The second-order valence-corrected chi connectivity index (χ2v) is 7.60. The smallest absolute Gasteiger partial charge is 0.0628 e. The lowest BCUT2D eigenvalue weighted by molar-refractivity contribution is 0.475. The number of hydrogen-bond acceptors (Lipinski definition) is 3. The molecule has 0 amide bonds. The fourth-order valence-electron chi connectivity index (χ4n) is 3.07. The highest BCUT2D eigenvalue weighted by Crippen LogP contribution is 2.26. The van der Waals surface area contributed by atoms with Crippen LogP contribution in [0.25, 0.3) is 0 Å². The van der Waals surface area contributed by atoms with E-state index < -0.39 is 0 Å². The van der Waals surface area contributed by atoms with Crippen molar-refractivity contribution in [2.24, 2.45) is 7.05 Å². The molecule has 0 spiro atoms. The maximum Gasteiger partial charge on any atom is 0.0628 e. The zero-order valence-corrected chi connectivity index (χ0v) is 15.1. The van der Waals surface area contributed by atoms with Gasteiger partial charge in [0.15, 0.2) is 0 Å². The molecule has 2 aromatic rings. The van der Waals surface area contributed by atoms with Crippen LogP contribution in [-0.2, 0) is 13.5 Å². The molecule has 0 aliphatic heterocycles. The van der Waals surface area contributed by atoms with E-state index in [1.54, 1.807) is 0 Å². The first-order valence-corrected chi connectivity index (χ1v) is 8.43. The maximum absolute atomic E-state index is 4.51. The Balaban J connectivity index is 2.04. The molecule has 0 fully saturated rings. The summed E-state index contributed by atoms with van der Waals surface area (Å²) in [5, 5.41) is 8.24. The van der Waals surface area contributed by atoms with Crippen LogP contribution in [0.5, 0.6) is 0 Å².